The molecular formula is C15H21ClN2O3S. The third-order valence-corrected chi connectivity index (χ3v) is 6.09. The summed E-state index contributed by atoms with van der Waals surface area (Å²) in [5.41, 5.74) is 0.614. The molecule has 5 nitrogen and oxygen atoms in total. The van der Waals surface area contributed by atoms with E-state index >= 15 is 0 Å². The fraction of sp³-hybridized carbons (Fsp3) is 0.533. The molecule has 0 aromatic heterocycles. The van der Waals surface area contributed by atoms with Crippen molar-refractivity contribution < 1.29 is 13.2 Å². The summed E-state index contributed by atoms with van der Waals surface area (Å²) in [5, 5.41) is 3.47. The maximum atomic E-state index is 12.0. The first-order valence-corrected chi connectivity index (χ1v) is 9.21. The second-order valence-electron chi connectivity index (χ2n) is 6.14. The number of benzene rings is 1. The quantitative estimate of drug-likeness (QED) is 0.885. The standard InChI is InChI=1S/C15H21ClN2O3S/c1-15(2,12-6-3-4-7-13(12)16)11-17-14(19)10-18-8-5-9-22(18,20)21/h3-4,6-7H,5,8-11H2,1-2H3,(H,17,19). The molecule has 1 aromatic rings. The summed E-state index contributed by atoms with van der Waals surface area (Å²) in [5.74, 6) is -0.156. The molecule has 1 aliphatic rings. The van der Waals surface area contributed by atoms with Crippen LogP contribution in [0.5, 0.6) is 0 Å². The van der Waals surface area contributed by atoms with Crippen molar-refractivity contribution in [2.24, 2.45) is 0 Å². The van der Waals surface area contributed by atoms with Gasteiger partial charge in [0.25, 0.3) is 0 Å². The third-order valence-electron chi connectivity index (χ3n) is 3.85. The average Bonchev–Trinajstić information content (AvgIpc) is 2.76. The number of amides is 1. The highest BCUT2D eigenvalue weighted by Crippen LogP contribution is 2.29. The van der Waals surface area contributed by atoms with Gasteiger partial charge in [0.2, 0.25) is 15.9 Å². The zero-order valence-electron chi connectivity index (χ0n) is 12.8. The number of halogens is 1. The number of carbonyl (C=O) groups excluding carboxylic acids is 1. The van der Waals surface area contributed by atoms with Crippen molar-refractivity contribution in [2.45, 2.75) is 25.7 Å². The van der Waals surface area contributed by atoms with Crippen LogP contribution in [0.15, 0.2) is 24.3 Å². The lowest BCUT2D eigenvalue weighted by Gasteiger charge is -2.27. The van der Waals surface area contributed by atoms with Gasteiger partial charge >= 0.3 is 0 Å². The highest BCUT2D eigenvalue weighted by molar-refractivity contribution is 7.89. The van der Waals surface area contributed by atoms with Gasteiger partial charge in [-0.25, -0.2) is 8.42 Å². The van der Waals surface area contributed by atoms with E-state index in [9.17, 15) is 13.2 Å². The molecule has 2 rings (SSSR count). The van der Waals surface area contributed by atoms with Gasteiger partial charge in [0.05, 0.1) is 12.3 Å². The summed E-state index contributed by atoms with van der Waals surface area (Å²) in [6, 6.07) is 7.51. The Balaban J connectivity index is 1.95. The van der Waals surface area contributed by atoms with Gasteiger partial charge in [0.1, 0.15) is 0 Å². The highest BCUT2D eigenvalue weighted by Gasteiger charge is 2.30. The van der Waals surface area contributed by atoms with E-state index in [1.165, 1.54) is 4.31 Å². The maximum absolute atomic E-state index is 12.0. The van der Waals surface area contributed by atoms with Gasteiger partial charge in [0.15, 0.2) is 0 Å². The van der Waals surface area contributed by atoms with Gasteiger partial charge in [-0.2, -0.15) is 4.31 Å². The molecule has 1 fully saturated rings. The van der Waals surface area contributed by atoms with Crippen molar-refractivity contribution in [3.63, 3.8) is 0 Å². The zero-order chi connectivity index (χ0) is 16.4. The Kier molecular flexibility index (Phi) is 5.14. The molecule has 7 heteroatoms. The van der Waals surface area contributed by atoms with E-state index < -0.39 is 10.0 Å². The largest absolute Gasteiger partial charge is 0.354 e. The van der Waals surface area contributed by atoms with Crippen LogP contribution in [0.25, 0.3) is 0 Å². The van der Waals surface area contributed by atoms with Gasteiger partial charge in [-0.1, -0.05) is 43.6 Å². The predicted octanol–water partition coefficient (Wildman–Crippen LogP) is 1.77. The van der Waals surface area contributed by atoms with Crippen LogP contribution in [-0.4, -0.2) is 44.0 Å². The second kappa shape index (κ2) is 6.56. The summed E-state index contributed by atoms with van der Waals surface area (Å²) in [4.78, 5) is 12.0. The minimum Gasteiger partial charge on any atom is -0.354 e. The Morgan fingerprint density at radius 2 is 2.05 bits per heavy atom. The fourth-order valence-electron chi connectivity index (χ4n) is 2.51. The Morgan fingerprint density at radius 1 is 1.36 bits per heavy atom. The molecule has 0 unspecified atom stereocenters. The number of hydrogen-bond donors (Lipinski definition) is 1. The fourth-order valence-corrected chi connectivity index (χ4v) is 4.37. The molecule has 22 heavy (non-hydrogen) atoms. The molecule has 1 aliphatic heterocycles. The third kappa shape index (κ3) is 4.00. The first-order chi connectivity index (χ1) is 10.2. The Bertz CT molecular complexity index is 659. The average molecular weight is 345 g/mol. The molecular weight excluding hydrogens is 324 g/mol. The van der Waals surface area contributed by atoms with E-state index in [1.54, 1.807) is 0 Å². The first kappa shape index (κ1) is 17.2. The number of sulfonamides is 1. The number of hydrogen-bond acceptors (Lipinski definition) is 3. The molecule has 1 aromatic carbocycles. The topological polar surface area (TPSA) is 66.5 Å². The molecule has 1 amide bonds. The van der Waals surface area contributed by atoms with E-state index in [4.69, 9.17) is 11.6 Å². The molecule has 1 saturated heterocycles. The lowest BCUT2D eigenvalue weighted by molar-refractivity contribution is -0.121. The van der Waals surface area contributed by atoms with Crippen molar-refractivity contribution in [3.8, 4) is 0 Å². The summed E-state index contributed by atoms with van der Waals surface area (Å²) in [7, 11) is -3.24. The molecule has 0 saturated carbocycles. The van der Waals surface area contributed by atoms with E-state index in [2.05, 4.69) is 5.32 Å². The molecule has 1 heterocycles. The van der Waals surface area contributed by atoms with Crippen molar-refractivity contribution >= 4 is 27.5 Å². The van der Waals surface area contributed by atoms with E-state index in [0.717, 1.165) is 5.56 Å². The summed E-state index contributed by atoms with van der Waals surface area (Å²) < 4.78 is 24.6. The van der Waals surface area contributed by atoms with Gasteiger partial charge in [0, 0.05) is 23.5 Å². The van der Waals surface area contributed by atoms with E-state index in [-0.39, 0.29) is 23.6 Å². The Labute approximate surface area is 136 Å². The monoisotopic (exact) mass is 344 g/mol. The van der Waals surface area contributed by atoms with Crippen LogP contribution >= 0.6 is 11.6 Å². The van der Waals surface area contributed by atoms with Crippen LogP contribution in [-0.2, 0) is 20.2 Å². The van der Waals surface area contributed by atoms with Crippen LogP contribution in [0.2, 0.25) is 5.02 Å². The first-order valence-electron chi connectivity index (χ1n) is 7.22. The van der Waals surface area contributed by atoms with Gasteiger partial charge in [-0.3, -0.25) is 4.79 Å². The second-order valence-corrected chi connectivity index (χ2v) is 8.64. The van der Waals surface area contributed by atoms with Crippen molar-refractivity contribution in [1.82, 2.24) is 9.62 Å². The number of rotatable bonds is 5. The number of carbonyl (C=O) groups is 1. The Morgan fingerprint density at radius 3 is 2.64 bits per heavy atom. The highest BCUT2D eigenvalue weighted by atomic mass is 35.5. The normalized spacial score (nSPS) is 18.3. The molecule has 0 atom stereocenters. The molecule has 0 aliphatic carbocycles. The lowest BCUT2D eigenvalue weighted by Crippen LogP contribution is -2.42. The molecule has 0 radical (unpaired) electrons. The minimum absolute atomic E-state index is 0.110. The summed E-state index contributed by atoms with van der Waals surface area (Å²) in [6.07, 6.45) is 0.584. The van der Waals surface area contributed by atoms with Crippen molar-refractivity contribution in [3.05, 3.63) is 34.9 Å². The van der Waals surface area contributed by atoms with E-state index in [0.29, 0.717) is 24.5 Å². The summed E-state index contributed by atoms with van der Waals surface area (Å²) >= 11 is 6.20. The zero-order valence-corrected chi connectivity index (χ0v) is 14.4. The molecule has 122 valence electrons. The molecule has 0 bridgehead atoms. The van der Waals surface area contributed by atoms with Crippen molar-refractivity contribution in [2.75, 3.05) is 25.4 Å². The van der Waals surface area contributed by atoms with Gasteiger partial charge in [-0.15, -0.1) is 0 Å². The van der Waals surface area contributed by atoms with Crippen molar-refractivity contribution in [1.29, 1.82) is 0 Å². The van der Waals surface area contributed by atoms with Gasteiger partial charge < -0.3 is 5.32 Å². The summed E-state index contributed by atoms with van der Waals surface area (Å²) in [6.45, 7) is 4.68. The van der Waals surface area contributed by atoms with Crippen LogP contribution in [0.1, 0.15) is 25.8 Å². The molecule has 1 N–H and O–H groups in total. The van der Waals surface area contributed by atoms with Gasteiger partial charge in [-0.05, 0) is 18.1 Å². The number of nitrogens with one attached hydrogen (secondary N) is 1. The minimum atomic E-state index is -3.24. The Hall–Kier alpha value is -1.11. The van der Waals surface area contributed by atoms with Crippen LogP contribution in [0.3, 0.4) is 0 Å². The maximum Gasteiger partial charge on any atom is 0.235 e. The van der Waals surface area contributed by atoms with E-state index in [1.807, 2.05) is 38.1 Å². The van der Waals surface area contributed by atoms with Crippen LogP contribution in [0.4, 0.5) is 0 Å². The number of nitrogens with zero attached hydrogens (tertiary/aromatic N) is 1. The lowest BCUT2D eigenvalue weighted by atomic mass is 9.84. The SMILES string of the molecule is CC(C)(CNC(=O)CN1CCCS1(=O)=O)c1ccccc1Cl. The van der Waals surface area contributed by atoms with Crippen LogP contribution < -0.4 is 5.32 Å². The predicted molar refractivity (Wildman–Crippen MR) is 87.5 cm³/mol. The van der Waals surface area contributed by atoms with Crippen LogP contribution in [0, 0.1) is 0 Å². The smallest absolute Gasteiger partial charge is 0.235 e. The molecule has 0 spiro atoms.